The minimum atomic E-state index is -0.349. The molecule has 1 aliphatic rings. The molecule has 1 aliphatic carbocycles. The number of hydrogen-bond donors (Lipinski definition) is 1. The van der Waals surface area contributed by atoms with E-state index in [0.29, 0.717) is 11.3 Å². The molecule has 0 radical (unpaired) electrons. The highest BCUT2D eigenvalue weighted by molar-refractivity contribution is 6.02. The maximum absolute atomic E-state index is 13.0. The fraction of sp³-hybridized carbons (Fsp3) is 0.273. The molecule has 5 heteroatoms. The number of nitrogens with zero attached hydrogens (tertiary/aromatic N) is 1. The summed E-state index contributed by atoms with van der Waals surface area (Å²) in [6.07, 6.45) is 5.68. The van der Waals surface area contributed by atoms with Gasteiger partial charge in [0.05, 0.1) is 0 Å². The third-order valence-electron chi connectivity index (χ3n) is 4.58. The number of nitrogens with one attached hydrogen (secondary N) is 1. The van der Waals surface area contributed by atoms with Crippen molar-refractivity contribution in [2.24, 2.45) is 0 Å². The molecule has 0 aliphatic heterocycles. The van der Waals surface area contributed by atoms with Gasteiger partial charge < -0.3 is 10.1 Å². The number of carbonyl (C=O) groups excluding carboxylic acids is 1. The Morgan fingerprint density at radius 2 is 1.89 bits per heavy atom. The van der Waals surface area contributed by atoms with Gasteiger partial charge in [0.25, 0.3) is 5.91 Å². The Morgan fingerprint density at radius 3 is 2.59 bits per heavy atom. The summed E-state index contributed by atoms with van der Waals surface area (Å²) in [4.78, 5) is 12.4. The molecule has 0 bridgehead atoms. The number of carbonyl (C=O) groups is 1. The monoisotopic (exact) mass is 364 g/mol. The highest BCUT2D eigenvalue weighted by Crippen LogP contribution is 2.23. The lowest BCUT2D eigenvalue weighted by Crippen LogP contribution is -2.33. The Labute approximate surface area is 158 Å². The molecule has 0 saturated heterocycles. The van der Waals surface area contributed by atoms with E-state index in [1.165, 1.54) is 12.1 Å². The first-order chi connectivity index (χ1) is 13.2. The fourth-order valence-corrected chi connectivity index (χ4v) is 3.11. The van der Waals surface area contributed by atoms with Crippen LogP contribution in [0.3, 0.4) is 0 Å². The molecule has 2 aromatic rings. The van der Waals surface area contributed by atoms with Crippen LogP contribution in [0.1, 0.15) is 36.8 Å². The zero-order valence-electron chi connectivity index (χ0n) is 15.0. The van der Waals surface area contributed by atoms with Crippen LogP contribution in [0, 0.1) is 17.1 Å². The second-order valence-corrected chi connectivity index (χ2v) is 6.58. The van der Waals surface area contributed by atoms with Crippen molar-refractivity contribution in [1.29, 1.82) is 5.26 Å². The van der Waals surface area contributed by atoms with Crippen molar-refractivity contribution in [3.63, 3.8) is 0 Å². The molecule has 138 valence electrons. The molecule has 0 atom stereocenters. The Bertz CT molecular complexity index is 863. The van der Waals surface area contributed by atoms with E-state index >= 15 is 0 Å². The Morgan fingerprint density at radius 1 is 1.19 bits per heavy atom. The smallest absolute Gasteiger partial charge is 0.262 e. The predicted molar refractivity (Wildman–Crippen MR) is 101 cm³/mol. The molecule has 1 amide bonds. The Hall–Kier alpha value is -3.13. The topological polar surface area (TPSA) is 62.1 Å². The van der Waals surface area contributed by atoms with Gasteiger partial charge in [0.2, 0.25) is 0 Å². The number of amides is 1. The largest absolute Gasteiger partial charge is 0.488 e. The SMILES string of the molecule is N#C/C(=C/c1ccccc1OCc1ccc(F)cc1)C(=O)NC1CCCC1. The lowest BCUT2D eigenvalue weighted by molar-refractivity contribution is -0.117. The maximum Gasteiger partial charge on any atom is 0.262 e. The summed E-state index contributed by atoms with van der Waals surface area (Å²) in [5.41, 5.74) is 1.53. The molecule has 1 saturated carbocycles. The predicted octanol–water partition coefficient (Wildman–Crippen LogP) is 4.37. The van der Waals surface area contributed by atoms with Gasteiger partial charge in [-0.25, -0.2) is 4.39 Å². The van der Waals surface area contributed by atoms with Crippen molar-refractivity contribution in [1.82, 2.24) is 5.32 Å². The van der Waals surface area contributed by atoms with Crippen LogP contribution in [0.2, 0.25) is 0 Å². The third-order valence-corrected chi connectivity index (χ3v) is 4.58. The number of para-hydroxylation sites is 1. The van der Waals surface area contributed by atoms with Crippen LogP contribution < -0.4 is 10.1 Å². The number of ether oxygens (including phenoxy) is 1. The van der Waals surface area contributed by atoms with Crippen molar-refractivity contribution in [2.45, 2.75) is 38.3 Å². The van der Waals surface area contributed by atoms with Gasteiger partial charge >= 0.3 is 0 Å². The van der Waals surface area contributed by atoms with Crippen LogP contribution in [0.25, 0.3) is 6.08 Å². The van der Waals surface area contributed by atoms with Crippen molar-refractivity contribution < 1.29 is 13.9 Å². The van der Waals surface area contributed by atoms with Crippen LogP contribution in [0.5, 0.6) is 5.75 Å². The molecule has 0 aromatic heterocycles. The quantitative estimate of drug-likeness (QED) is 0.611. The summed E-state index contributed by atoms with van der Waals surface area (Å²) < 4.78 is 18.8. The van der Waals surface area contributed by atoms with E-state index in [9.17, 15) is 14.4 Å². The van der Waals surface area contributed by atoms with Crippen LogP contribution in [0.4, 0.5) is 4.39 Å². The zero-order valence-corrected chi connectivity index (χ0v) is 15.0. The van der Waals surface area contributed by atoms with E-state index in [0.717, 1.165) is 31.2 Å². The summed E-state index contributed by atoms with van der Waals surface area (Å²) in [7, 11) is 0. The number of benzene rings is 2. The van der Waals surface area contributed by atoms with Crippen molar-refractivity contribution in [3.05, 3.63) is 71.0 Å². The fourth-order valence-electron chi connectivity index (χ4n) is 3.11. The minimum Gasteiger partial charge on any atom is -0.488 e. The van der Waals surface area contributed by atoms with Crippen molar-refractivity contribution in [2.75, 3.05) is 0 Å². The highest BCUT2D eigenvalue weighted by Gasteiger charge is 2.19. The first-order valence-electron chi connectivity index (χ1n) is 9.04. The second-order valence-electron chi connectivity index (χ2n) is 6.58. The standard InChI is InChI=1S/C22H21FN2O2/c23-19-11-9-16(10-12-19)15-27-21-8-4-1-5-17(21)13-18(14-24)22(26)25-20-6-2-3-7-20/h1,4-5,8-13,20H,2-3,6-7,15H2,(H,25,26)/b18-13-. The van der Waals surface area contributed by atoms with Gasteiger partial charge in [-0.05, 0) is 42.7 Å². The Kier molecular flexibility index (Phi) is 6.22. The first kappa shape index (κ1) is 18.7. The number of rotatable bonds is 6. The van der Waals surface area contributed by atoms with Gasteiger partial charge in [-0.15, -0.1) is 0 Å². The van der Waals surface area contributed by atoms with Gasteiger partial charge in [-0.3, -0.25) is 4.79 Å². The molecule has 0 spiro atoms. The molecule has 1 N–H and O–H groups in total. The number of hydrogen-bond acceptors (Lipinski definition) is 3. The van der Waals surface area contributed by atoms with E-state index in [1.807, 2.05) is 18.2 Å². The molecule has 3 rings (SSSR count). The summed E-state index contributed by atoms with van der Waals surface area (Å²) in [5.74, 6) is -0.0880. The first-order valence-corrected chi connectivity index (χ1v) is 9.04. The summed E-state index contributed by atoms with van der Waals surface area (Å²) in [6, 6.07) is 15.4. The molecule has 2 aromatic carbocycles. The minimum absolute atomic E-state index is 0.0553. The van der Waals surface area contributed by atoms with Gasteiger partial charge in [0.1, 0.15) is 29.8 Å². The van der Waals surface area contributed by atoms with Crippen LogP contribution in [-0.4, -0.2) is 11.9 Å². The van der Waals surface area contributed by atoms with Gasteiger partial charge in [-0.2, -0.15) is 5.26 Å². The average molecular weight is 364 g/mol. The normalized spacial score (nSPS) is 14.6. The molecular weight excluding hydrogens is 343 g/mol. The van der Waals surface area contributed by atoms with E-state index in [1.54, 1.807) is 30.3 Å². The van der Waals surface area contributed by atoms with E-state index in [-0.39, 0.29) is 29.9 Å². The highest BCUT2D eigenvalue weighted by atomic mass is 19.1. The zero-order chi connectivity index (χ0) is 19.1. The lowest BCUT2D eigenvalue weighted by atomic mass is 10.1. The molecule has 4 nitrogen and oxygen atoms in total. The maximum atomic E-state index is 13.0. The van der Waals surface area contributed by atoms with E-state index in [4.69, 9.17) is 4.74 Å². The molecule has 27 heavy (non-hydrogen) atoms. The van der Waals surface area contributed by atoms with Crippen LogP contribution >= 0.6 is 0 Å². The number of nitriles is 1. The van der Waals surface area contributed by atoms with Gasteiger partial charge in [0, 0.05) is 11.6 Å². The molecule has 1 fully saturated rings. The van der Waals surface area contributed by atoms with Crippen molar-refractivity contribution in [3.8, 4) is 11.8 Å². The molecular formula is C22H21FN2O2. The summed E-state index contributed by atoms with van der Waals surface area (Å²) >= 11 is 0. The number of halogens is 1. The average Bonchev–Trinajstić information content (AvgIpc) is 3.19. The van der Waals surface area contributed by atoms with Crippen LogP contribution in [0.15, 0.2) is 54.1 Å². The van der Waals surface area contributed by atoms with Crippen LogP contribution in [-0.2, 0) is 11.4 Å². The second kappa shape index (κ2) is 9.00. The third kappa shape index (κ3) is 5.18. The Balaban J connectivity index is 1.72. The van der Waals surface area contributed by atoms with Crippen molar-refractivity contribution >= 4 is 12.0 Å². The molecule has 0 unspecified atom stereocenters. The summed E-state index contributed by atoms with van der Waals surface area (Å²) in [6.45, 7) is 0.265. The summed E-state index contributed by atoms with van der Waals surface area (Å²) in [5, 5.41) is 12.3. The molecule has 0 heterocycles. The lowest BCUT2D eigenvalue weighted by Gasteiger charge is -2.12. The van der Waals surface area contributed by atoms with E-state index in [2.05, 4.69) is 5.32 Å². The van der Waals surface area contributed by atoms with Gasteiger partial charge in [0.15, 0.2) is 0 Å². The van der Waals surface area contributed by atoms with E-state index < -0.39 is 0 Å². The van der Waals surface area contributed by atoms with Gasteiger partial charge in [-0.1, -0.05) is 43.2 Å².